The molecule has 2 aromatic rings. The lowest BCUT2D eigenvalue weighted by atomic mass is 10.2. The van der Waals surface area contributed by atoms with Crippen LogP contribution in [0.15, 0.2) is 28.7 Å². The Balaban J connectivity index is 1.58. The molecule has 0 unspecified atom stereocenters. The predicted molar refractivity (Wildman–Crippen MR) is 76.6 cm³/mol. The first-order valence-electron chi connectivity index (χ1n) is 6.62. The van der Waals surface area contributed by atoms with Crippen LogP contribution in [0, 0.1) is 13.8 Å². The van der Waals surface area contributed by atoms with Crippen LogP contribution in [-0.2, 0) is 6.54 Å². The number of amides is 2. The van der Waals surface area contributed by atoms with Crippen molar-refractivity contribution in [3.05, 3.63) is 41.3 Å². The fraction of sp³-hybridized carbons (Fsp3) is 0.267. The van der Waals surface area contributed by atoms with Gasteiger partial charge in [-0.3, -0.25) is 0 Å². The number of ether oxygens (including phenoxy) is 2. The fourth-order valence-electron chi connectivity index (χ4n) is 2.18. The SMILES string of the molecule is Cc1cc(CNC(=O)Nc2ccc3c(c2)OCO3)c(C)o1. The average molecular weight is 288 g/mol. The zero-order valence-corrected chi connectivity index (χ0v) is 11.9. The van der Waals surface area contributed by atoms with Crippen LogP contribution in [0.25, 0.3) is 0 Å². The summed E-state index contributed by atoms with van der Waals surface area (Å²) < 4.78 is 15.9. The van der Waals surface area contributed by atoms with E-state index < -0.39 is 0 Å². The van der Waals surface area contributed by atoms with Gasteiger partial charge >= 0.3 is 6.03 Å². The third kappa shape index (κ3) is 2.94. The van der Waals surface area contributed by atoms with Crippen molar-refractivity contribution in [3.8, 4) is 11.5 Å². The Labute approximate surface area is 122 Å². The number of furan rings is 1. The molecule has 0 atom stereocenters. The number of nitrogens with one attached hydrogen (secondary N) is 2. The van der Waals surface area contributed by atoms with Gasteiger partial charge in [-0.2, -0.15) is 0 Å². The number of aryl methyl sites for hydroxylation is 2. The molecule has 1 aliphatic heterocycles. The second-order valence-electron chi connectivity index (χ2n) is 4.81. The van der Waals surface area contributed by atoms with E-state index in [0.717, 1.165) is 17.1 Å². The topological polar surface area (TPSA) is 72.7 Å². The van der Waals surface area contributed by atoms with E-state index in [1.54, 1.807) is 18.2 Å². The van der Waals surface area contributed by atoms with Crippen LogP contribution < -0.4 is 20.1 Å². The van der Waals surface area contributed by atoms with Crippen molar-refractivity contribution in [1.29, 1.82) is 0 Å². The number of rotatable bonds is 3. The third-order valence-electron chi connectivity index (χ3n) is 3.21. The van der Waals surface area contributed by atoms with Crippen molar-refractivity contribution < 1.29 is 18.7 Å². The molecular weight excluding hydrogens is 272 g/mol. The summed E-state index contributed by atoms with van der Waals surface area (Å²) in [5.41, 5.74) is 1.62. The highest BCUT2D eigenvalue weighted by atomic mass is 16.7. The number of benzene rings is 1. The first-order valence-corrected chi connectivity index (χ1v) is 6.62. The number of urea groups is 1. The Hall–Kier alpha value is -2.63. The van der Waals surface area contributed by atoms with E-state index in [4.69, 9.17) is 13.9 Å². The molecule has 6 heteroatoms. The molecule has 0 spiro atoms. The maximum Gasteiger partial charge on any atom is 0.319 e. The number of carbonyl (C=O) groups is 1. The molecule has 21 heavy (non-hydrogen) atoms. The van der Waals surface area contributed by atoms with Crippen molar-refractivity contribution in [3.63, 3.8) is 0 Å². The van der Waals surface area contributed by atoms with E-state index in [2.05, 4.69) is 10.6 Å². The van der Waals surface area contributed by atoms with Crippen molar-refractivity contribution >= 4 is 11.7 Å². The molecule has 0 bridgehead atoms. The molecule has 1 aliphatic rings. The maximum atomic E-state index is 11.9. The highest BCUT2D eigenvalue weighted by molar-refractivity contribution is 5.89. The zero-order valence-electron chi connectivity index (χ0n) is 11.9. The lowest BCUT2D eigenvalue weighted by Gasteiger charge is -2.07. The van der Waals surface area contributed by atoms with Crippen molar-refractivity contribution in [2.75, 3.05) is 12.1 Å². The first-order chi connectivity index (χ1) is 10.1. The molecule has 0 saturated heterocycles. The van der Waals surface area contributed by atoms with E-state index in [1.165, 1.54) is 0 Å². The number of fused-ring (bicyclic) bond motifs is 1. The van der Waals surface area contributed by atoms with Crippen LogP contribution >= 0.6 is 0 Å². The highest BCUT2D eigenvalue weighted by Gasteiger charge is 2.14. The lowest BCUT2D eigenvalue weighted by molar-refractivity contribution is 0.174. The molecule has 110 valence electrons. The molecule has 0 radical (unpaired) electrons. The summed E-state index contributed by atoms with van der Waals surface area (Å²) in [7, 11) is 0. The van der Waals surface area contributed by atoms with Crippen LogP contribution in [0.1, 0.15) is 17.1 Å². The van der Waals surface area contributed by atoms with Gasteiger partial charge in [0.2, 0.25) is 6.79 Å². The summed E-state index contributed by atoms with van der Waals surface area (Å²) in [5, 5.41) is 5.54. The standard InChI is InChI=1S/C15H16N2O4/c1-9-5-11(10(2)21-9)7-16-15(18)17-12-3-4-13-14(6-12)20-8-19-13/h3-6H,7-8H2,1-2H3,(H2,16,17,18). The molecule has 2 amide bonds. The Kier molecular flexibility index (Phi) is 3.43. The van der Waals surface area contributed by atoms with Gasteiger partial charge in [-0.05, 0) is 32.0 Å². The largest absolute Gasteiger partial charge is 0.466 e. The van der Waals surface area contributed by atoms with E-state index >= 15 is 0 Å². The average Bonchev–Trinajstić information content (AvgIpc) is 3.02. The summed E-state index contributed by atoms with van der Waals surface area (Å²) in [6.07, 6.45) is 0. The minimum atomic E-state index is -0.285. The van der Waals surface area contributed by atoms with Gasteiger partial charge in [0, 0.05) is 23.9 Å². The number of hydrogen-bond acceptors (Lipinski definition) is 4. The van der Waals surface area contributed by atoms with Crippen LogP contribution in [0.3, 0.4) is 0 Å². The van der Waals surface area contributed by atoms with Crippen molar-refractivity contribution in [2.45, 2.75) is 20.4 Å². The quantitative estimate of drug-likeness (QED) is 0.910. The van der Waals surface area contributed by atoms with Gasteiger partial charge in [0.1, 0.15) is 11.5 Å². The number of hydrogen-bond donors (Lipinski definition) is 2. The van der Waals surface area contributed by atoms with Crippen LogP contribution in [0.4, 0.5) is 10.5 Å². The fourth-order valence-corrected chi connectivity index (χ4v) is 2.18. The van der Waals surface area contributed by atoms with Gasteiger partial charge < -0.3 is 24.5 Å². The van der Waals surface area contributed by atoms with E-state index in [-0.39, 0.29) is 12.8 Å². The molecule has 2 heterocycles. The van der Waals surface area contributed by atoms with Gasteiger partial charge in [0.15, 0.2) is 11.5 Å². The second kappa shape index (κ2) is 5.40. The minimum Gasteiger partial charge on any atom is -0.466 e. The predicted octanol–water partition coefficient (Wildman–Crippen LogP) is 2.95. The molecule has 1 aromatic carbocycles. The van der Waals surface area contributed by atoms with E-state index in [1.807, 2.05) is 19.9 Å². The Morgan fingerprint density at radius 3 is 2.76 bits per heavy atom. The summed E-state index contributed by atoms with van der Waals surface area (Å²) in [5.74, 6) is 2.97. The Morgan fingerprint density at radius 2 is 2.00 bits per heavy atom. The Bertz CT molecular complexity index is 678. The van der Waals surface area contributed by atoms with Crippen LogP contribution in [0.5, 0.6) is 11.5 Å². The molecule has 6 nitrogen and oxygen atoms in total. The molecule has 0 aliphatic carbocycles. The zero-order chi connectivity index (χ0) is 14.8. The molecule has 0 saturated carbocycles. The smallest absolute Gasteiger partial charge is 0.319 e. The Morgan fingerprint density at radius 1 is 1.19 bits per heavy atom. The molecule has 2 N–H and O–H groups in total. The van der Waals surface area contributed by atoms with E-state index in [9.17, 15) is 4.79 Å². The highest BCUT2D eigenvalue weighted by Crippen LogP contribution is 2.34. The summed E-state index contributed by atoms with van der Waals surface area (Å²) in [6.45, 7) is 4.38. The van der Waals surface area contributed by atoms with Crippen LogP contribution in [-0.4, -0.2) is 12.8 Å². The molecule has 1 aromatic heterocycles. The van der Waals surface area contributed by atoms with Crippen LogP contribution in [0.2, 0.25) is 0 Å². The van der Waals surface area contributed by atoms with Gasteiger partial charge in [0.25, 0.3) is 0 Å². The summed E-state index contributed by atoms with van der Waals surface area (Å²) >= 11 is 0. The molecule has 0 fully saturated rings. The first kappa shape index (κ1) is 13.4. The monoisotopic (exact) mass is 288 g/mol. The summed E-state index contributed by atoms with van der Waals surface area (Å²) in [4.78, 5) is 11.9. The molecular formula is C15H16N2O4. The normalized spacial score (nSPS) is 12.3. The third-order valence-corrected chi connectivity index (χ3v) is 3.21. The molecule has 3 rings (SSSR count). The second-order valence-corrected chi connectivity index (χ2v) is 4.81. The lowest BCUT2D eigenvalue weighted by Crippen LogP contribution is -2.28. The van der Waals surface area contributed by atoms with E-state index in [0.29, 0.717) is 23.7 Å². The summed E-state index contributed by atoms with van der Waals surface area (Å²) in [6, 6.07) is 6.89. The van der Waals surface area contributed by atoms with Crippen molar-refractivity contribution in [1.82, 2.24) is 5.32 Å². The van der Waals surface area contributed by atoms with Crippen molar-refractivity contribution in [2.24, 2.45) is 0 Å². The van der Waals surface area contributed by atoms with Gasteiger partial charge in [-0.1, -0.05) is 0 Å². The minimum absolute atomic E-state index is 0.212. The maximum absolute atomic E-state index is 11.9. The van der Waals surface area contributed by atoms with Gasteiger partial charge in [-0.25, -0.2) is 4.79 Å². The number of anilines is 1. The van der Waals surface area contributed by atoms with Gasteiger partial charge in [-0.15, -0.1) is 0 Å². The van der Waals surface area contributed by atoms with Gasteiger partial charge in [0.05, 0.1) is 0 Å². The number of carbonyl (C=O) groups excluding carboxylic acids is 1.